The molecular formula is C20H24NO4+. The van der Waals surface area contributed by atoms with E-state index in [1.165, 1.54) is 11.7 Å². The van der Waals surface area contributed by atoms with Gasteiger partial charge in [-0.1, -0.05) is 0 Å². The number of ketones is 1. The lowest BCUT2D eigenvalue weighted by atomic mass is 9.81. The van der Waals surface area contributed by atoms with Crippen LogP contribution in [-0.4, -0.2) is 39.6 Å². The Balaban J connectivity index is 2.21. The number of benzene rings is 1. The third kappa shape index (κ3) is 3.94. The lowest BCUT2D eigenvalue weighted by molar-refractivity contribution is -0.439. The molecule has 1 heterocycles. The highest BCUT2D eigenvalue weighted by Crippen LogP contribution is 2.40. The predicted molar refractivity (Wildman–Crippen MR) is 95.6 cm³/mol. The van der Waals surface area contributed by atoms with Gasteiger partial charge in [-0.05, 0) is 38.8 Å². The third-order valence-electron chi connectivity index (χ3n) is 5.02. The van der Waals surface area contributed by atoms with Crippen LogP contribution in [0.5, 0.6) is 0 Å². The minimum absolute atomic E-state index is 0.197. The van der Waals surface area contributed by atoms with Gasteiger partial charge < -0.3 is 5.11 Å². The Hall–Kier alpha value is -2.52. The SMILES string of the molecule is CC1=[N+](CCCCCC(=O)O)c2ccc(C(=O)C=C=O)cc2C1(C)C. The smallest absolute Gasteiger partial charge is 0.303 e. The first-order valence-corrected chi connectivity index (χ1v) is 8.52. The second kappa shape index (κ2) is 7.58. The summed E-state index contributed by atoms with van der Waals surface area (Å²) in [6.07, 6.45) is 3.59. The molecule has 0 saturated carbocycles. The van der Waals surface area contributed by atoms with Crippen molar-refractivity contribution in [3.63, 3.8) is 0 Å². The second-order valence-corrected chi connectivity index (χ2v) is 6.92. The maximum Gasteiger partial charge on any atom is 0.303 e. The summed E-state index contributed by atoms with van der Waals surface area (Å²) in [5, 5.41) is 8.71. The van der Waals surface area contributed by atoms with Gasteiger partial charge >= 0.3 is 5.97 Å². The number of rotatable bonds is 8. The summed E-state index contributed by atoms with van der Waals surface area (Å²) < 4.78 is 2.25. The van der Waals surface area contributed by atoms with Gasteiger partial charge in [-0.2, -0.15) is 4.58 Å². The molecule has 0 aliphatic carbocycles. The van der Waals surface area contributed by atoms with E-state index in [-0.39, 0.29) is 17.6 Å². The molecule has 1 aromatic rings. The molecule has 1 aliphatic heterocycles. The molecule has 1 N–H and O–H groups in total. The predicted octanol–water partition coefficient (Wildman–Crippen LogP) is 3.30. The number of allylic oxidation sites excluding steroid dienone is 1. The van der Waals surface area contributed by atoms with E-state index in [1.54, 1.807) is 6.07 Å². The molecule has 5 heteroatoms. The highest BCUT2D eigenvalue weighted by molar-refractivity contribution is 6.09. The summed E-state index contributed by atoms with van der Waals surface area (Å²) in [4.78, 5) is 32.9. The van der Waals surface area contributed by atoms with Crippen LogP contribution in [-0.2, 0) is 15.0 Å². The molecule has 25 heavy (non-hydrogen) atoms. The monoisotopic (exact) mass is 342 g/mol. The summed E-state index contributed by atoms with van der Waals surface area (Å²) in [5.74, 6) is 0.450. The number of aliphatic carboxylic acids is 1. The van der Waals surface area contributed by atoms with Crippen molar-refractivity contribution in [3.8, 4) is 0 Å². The first kappa shape index (κ1) is 18.8. The zero-order chi connectivity index (χ0) is 18.6. The summed E-state index contributed by atoms with van der Waals surface area (Å²) >= 11 is 0. The largest absolute Gasteiger partial charge is 0.481 e. The number of carboxylic acid groups (broad SMARTS) is 1. The highest BCUT2D eigenvalue weighted by Gasteiger charge is 2.42. The Morgan fingerprint density at radius 2 is 1.96 bits per heavy atom. The van der Waals surface area contributed by atoms with Crippen LogP contribution in [0.1, 0.15) is 62.4 Å². The molecule has 0 bridgehead atoms. The fourth-order valence-corrected chi connectivity index (χ4v) is 3.29. The minimum Gasteiger partial charge on any atom is -0.481 e. The average molecular weight is 342 g/mol. The molecule has 1 aliphatic rings. The van der Waals surface area contributed by atoms with E-state index in [0.717, 1.165) is 36.7 Å². The van der Waals surface area contributed by atoms with Crippen molar-refractivity contribution in [2.75, 3.05) is 6.54 Å². The third-order valence-corrected chi connectivity index (χ3v) is 5.02. The molecule has 0 radical (unpaired) electrons. The van der Waals surface area contributed by atoms with Gasteiger partial charge in [0.15, 0.2) is 11.5 Å². The number of hydrogen-bond donors (Lipinski definition) is 1. The first-order chi connectivity index (χ1) is 11.8. The van der Waals surface area contributed by atoms with Gasteiger partial charge in [0.1, 0.15) is 12.5 Å². The molecule has 2 rings (SSSR count). The van der Waals surface area contributed by atoms with Gasteiger partial charge in [-0.25, -0.2) is 4.79 Å². The minimum atomic E-state index is -0.753. The van der Waals surface area contributed by atoms with Crippen LogP contribution in [0.15, 0.2) is 24.3 Å². The van der Waals surface area contributed by atoms with Crippen LogP contribution in [0.4, 0.5) is 5.69 Å². The topological polar surface area (TPSA) is 74.5 Å². The molecule has 0 atom stereocenters. The Morgan fingerprint density at radius 3 is 2.60 bits per heavy atom. The van der Waals surface area contributed by atoms with Crippen molar-refractivity contribution in [1.29, 1.82) is 0 Å². The summed E-state index contributed by atoms with van der Waals surface area (Å²) in [6.45, 7) is 7.15. The molecule has 0 unspecified atom stereocenters. The number of nitrogens with zero attached hydrogens (tertiary/aromatic N) is 1. The fourth-order valence-electron chi connectivity index (χ4n) is 3.29. The lowest BCUT2D eigenvalue weighted by Crippen LogP contribution is -2.26. The maximum absolute atomic E-state index is 11.9. The zero-order valence-corrected chi connectivity index (χ0v) is 15.0. The summed E-state index contributed by atoms with van der Waals surface area (Å²) in [6, 6.07) is 5.53. The zero-order valence-electron chi connectivity index (χ0n) is 15.0. The standard InChI is InChI=1S/C20H23NO4/c1-14-20(2,3)16-13-15(18(23)10-12-22)8-9-17(16)21(14)11-6-4-5-7-19(24)25/h8-10,13H,4-7,11H2,1-3H3/p+1. The van der Waals surface area contributed by atoms with Crippen LogP contribution in [0.25, 0.3) is 0 Å². The van der Waals surface area contributed by atoms with E-state index >= 15 is 0 Å². The van der Waals surface area contributed by atoms with Gasteiger partial charge in [0.25, 0.3) is 0 Å². The van der Waals surface area contributed by atoms with Gasteiger partial charge in [-0.15, -0.1) is 0 Å². The Morgan fingerprint density at radius 1 is 1.24 bits per heavy atom. The molecule has 0 saturated heterocycles. The molecule has 0 spiro atoms. The fraction of sp³-hybridized carbons (Fsp3) is 0.450. The van der Waals surface area contributed by atoms with Crippen molar-refractivity contribution in [2.45, 2.75) is 51.9 Å². The number of unbranched alkanes of at least 4 members (excludes halogenated alkanes) is 2. The molecule has 5 nitrogen and oxygen atoms in total. The van der Waals surface area contributed by atoms with E-state index in [1.807, 2.05) is 12.1 Å². The lowest BCUT2D eigenvalue weighted by Gasteiger charge is -2.15. The van der Waals surface area contributed by atoms with Crippen molar-refractivity contribution in [1.82, 2.24) is 0 Å². The maximum atomic E-state index is 11.9. The van der Waals surface area contributed by atoms with E-state index in [4.69, 9.17) is 5.11 Å². The van der Waals surface area contributed by atoms with Crippen LogP contribution in [0.2, 0.25) is 0 Å². The Kier molecular flexibility index (Phi) is 5.70. The van der Waals surface area contributed by atoms with Gasteiger partial charge in [0.05, 0.1) is 11.5 Å². The highest BCUT2D eigenvalue weighted by atomic mass is 16.4. The second-order valence-electron chi connectivity index (χ2n) is 6.92. The van der Waals surface area contributed by atoms with Crippen molar-refractivity contribution < 1.29 is 24.1 Å². The number of fused-ring (bicyclic) bond motifs is 1. The molecule has 0 amide bonds. The van der Waals surface area contributed by atoms with E-state index in [2.05, 4.69) is 25.3 Å². The summed E-state index contributed by atoms with van der Waals surface area (Å²) in [5.41, 5.74) is 3.65. The molecule has 132 valence electrons. The van der Waals surface area contributed by atoms with Gasteiger partial charge in [0, 0.05) is 37.0 Å². The van der Waals surface area contributed by atoms with Crippen molar-refractivity contribution in [3.05, 3.63) is 35.4 Å². The molecule has 1 aromatic carbocycles. The van der Waals surface area contributed by atoms with Gasteiger partial charge in [-0.3, -0.25) is 9.59 Å². The number of carbonyl (C=O) groups is 2. The van der Waals surface area contributed by atoms with Crippen LogP contribution in [0, 0.1) is 0 Å². The number of hydrogen-bond acceptors (Lipinski definition) is 3. The van der Waals surface area contributed by atoms with Crippen LogP contribution >= 0.6 is 0 Å². The average Bonchev–Trinajstić information content (AvgIpc) is 2.74. The molecule has 0 fully saturated rings. The summed E-state index contributed by atoms with van der Waals surface area (Å²) in [7, 11) is 0. The Bertz CT molecular complexity index is 783. The van der Waals surface area contributed by atoms with E-state index < -0.39 is 5.97 Å². The Labute approximate surface area is 147 Å². The molecular weight excluding hydrogens is 318 g/mol. The van der Waals surface area contributed by atoms with Crippen molar-refractivity contribution >= 4 is 29.1 Å². The normalized spacial score (nSPS) is 14.8. The van der Waals surface area contributed by atoms with Crippen LogP contribution in [0.3, 0.4) is 0 Å². The molecule has 0 aromatic heterocycles. The number of carboxylic acids is 1. The van der Waals surface area contributed by atoms with E-state index in [0.29, 0.717) is 12.0 Å². The van der Waals surface area contributed by atoms with Crippen LogP contribution < -0.4 is 0 Å². The van der Waals surface area contributed by atoms with Crippen molar-refractivity contribution in [2.24, 2.45) is 0 Å². The first-order valence-electron chi connectivity index (χ1n) is 8.52. The quantitative estimate of drug-likeness (QED) is 0.259. The number of carbonyl (C=O) groups excluding carboxylic acids is 2. The van der Waals surface area contributed by atoms with Gasteiger partial charge in [0.2, 0.25) is 5.69 Å². The van der Waals surface area contributed by atoms with E-state index in [9.17, 15) is 14.4 Å².